The van der Waals surface area contributed by atoms with Crippen molar-refractivity contribution in [3.05, 3.63) is 23.7 Å². The molecular formula is C13H19NO3. The number of carbonyl (C=O) groups is 1. The Morgan fingerprint density at radius 1 is 1.47 bits per heavy atom. The Morgan fingerprint density at radius 2 is 2.24 bits per heavy atom. The maximum atomic E-state index is 12.3. The van der Waals surface area contributed by atoms with E-state index in [-0.39, 0.29) is 18.1 Å². The zero-order valence-corrected chi connectivity index (χ0v) is 10.6. The van der Waals surface area contributed by atoms with Crippen LogP contribution in [0.15, 0.2) is 16.5 Å². The van der Waals surface area contributed by atoms with Crippen molar-refractivity contribution in [2.75, 3.05) is 13.2 Å². The Balaban J connectivity index is 2.12. The average Bonchev–Trinajstić information content (AvgIpc) is 2.80. The van der Waals surface area contributed by atoms with Crippen LogP contribution >= 0.6 is 0 Å². The zero-order valence-electron chi connectivity index (χ0n) is 10.6. The average molecular weight is 237 g/mol. The number of hydrogen-bond acceptors (Lipinski definition) is 3. The summed E-state index contributed by atoms with van der Waals surface area (Å²) in [6, 6.07) is 3.73. The van der Waals surface area contributed by atoms with E-state index in [1.807, 2.05) is 31.7 Å². The second-order valence-corrected chi connectivity index (χ2v) is 4.57. The third kappa shape index (κ3) is 2.52. The molecule has 1 aliphatic rings. The zero-order chi connectivity index (χ0) is 12.4. The Hall–Kier alpha value is -1.29. The smallest absolute Gasteiger partial charge is 0.289 e. The summed E-state index contributed by atoms with van der Waals surface area (Å²) >= 11 is 0. The Labute approximate surface area is 102 Å². The van der Waals surface area contributed by atoms with Crippen LogP contribution in [0.4, 0.5) is 0 Å². The molecule has 0 bridgehead atoms. The monoisotopic (exact) mass is 237 g/mol. The lowest BCUT2D eigenvalue weighted by Crippen LogP contribution is -2.50. The molecule has 2 heterocycles. The quantitative estimate of drug-likeness (QED) is 0.791. The van der Waals surface area contributed by atoms with Gasteiger partial charge < -0.3 is 14.1 Å². The van der Waals surface area contributed by atoms with Crippen LogP contribution in [-0.4, -0.2) is 36.1 Å². The van der Waals surface area contributed by atoms with Gasteiger partial charge in [-0.15, -0.1) is 0 Å². The van der Waals surface area contributed by atoms with Crippen LogP contribution in [0.5, 0.6) is 0 Å². The van der Waals surface area contributed by atoms with E-state index in [2.05, 4.69) is 0 Å². The molecule has 94 valence electrons. The largest absolute Gasteiger partial charge is 0.456 e. The van der Waals surface area contributed by atoms with Crippen molar-refractivity contribution in [3.63, 3.8) is 0 Å². The number of carbonyl (C=O) groups excluding carboxylic acids is 1. The summed E-state index contributed by atoms with van der Waals surface area (Å²) in [6.07, 6.45) is 0.901. The van der Waals surface area contributed by atoms with Gasteiger partial charge in [0.1, 0.15) is 5.76 Å². The van der Waals surface area contributed by atoms with Gasteiger partial charge in [0.25, 0.3) is 5.91 Å². The Kier molecular flexibility index (Phi) is 3.52. The van der Waals surface area contributed by atoms with E-state index in [1.54, 1.807) is 6.07 Å². The predicted octanol–water partition coefficient (Wildman–Crippen LogP) is 2.09. The highest BCUT2D eigenvalue weighted by Gasteiger charge is 2.29. The number of morpholine rings is 1. The number of furan rings is 1. The fraction of sp³-hybridized carbons (Fsp3) is 0.615. The van der Waals surface area contributed by atoms with Crippen molar-refractivity contribution < 1.29 is 13.9 Å². The highest BCUT2D eigenvalue weighted by Crippen LogP contribution is 2.17. The lowest BCUT2D eigenvalue weighted by Gasteiger charge is -2.36. The first-order valence-corrected chi connectivity index (χ1v) is 6.13. The summed E-state index contributed by atoms with van der Waals surface area (Å²) in [7, 11) is 0. The topological polar surface area (TPSA) is 42.7 Å². The Bertz CT molecular complexity index is 399. The van der Waals surface area contributed by atoms with Crippen molar-refractivity contribution in [2.24, 2.45) is 0 Å². The van der Waals surface area contributed by atoms with Crippen molar-refractivity contribution in [1.82, 2.24) is 4.90 Å². The summed E-state index contributed by atoms with van der Waals surface area (Å²) < 4.78 is 11.0. The van der Waals surface area contributed by atoms with E-state index >= 15 is 0 Å². The molecule has 0 spiro atoms. The van der Waals surface area contributed by atoms with E-state index < -0.39 is 0 Å². The third-order valence-corrected chi connectivity index (χ3v) is 3.09. The van der Waals surface area contributed by atoms with E-state index in [1.165, 1.54) is 0 Å². The van der Waals surface area contributed by atoms with E-state index in [0.29, 0.717) is 18.9 Å². The number of amides is 1. The lowest BCUT2D eigenvalue weighted by molar-refractivity contribution is -0.0396. The fourth-order valence-electron chi connectivity index (χ4n) is 2.01. The minimum absolute atomic E-state index is 0.0349. The highest BCUT2D eigenvalue weighted by molar-refractivity contribution is 5.91. The highest BCUT2D eigenvalue weighted by atomic mass is 16.5. The molecular weight excluding hydrogens is 218 g/mol. The molecule has 4 nitrogen and oxygen atoms in total. The molecule has 1 saturated heterocycles. The molecule has 0 aromatic carbocycles. The van der Waals surface area contributed by atoms with Gasteiger partial charge in [0, 0.05) is 13.0 Å². The van der Waals surface area contributed by atoms with Gasteiger partial charge >= 0.3 is 0 Å². The van der Waals surface area contributed by atoms with Gasteiger partial charge in [0.15, 0.2) is 5.76 Å². The van der Waals surface area contributed by atoms with Gasteiger partial charge in [0.05, 0.1) is 18.8 Å². The van der Waals surface area contributed by atoms with Crippen LogP contribution in [0.3, 0.4) is 0 Å². The van der Waals surface area contributed by atoms with Crippen molar-refractivity contribution in [3.8, 4) is 0 Å². The van der Waals surface area contributed by atoms with E-state index in [9.17, 15) is 4.79 Å². The Morgan fingerprint density at radius 3 is 2.88 bits per heavy atom. The molecule has 1 aliphatic heterocycles. The van der Waals surface area contributed by atoms with Crippen molar-refractivity contribution in [2.45, 2.75) is 39.3 Å². The van der Waals surface area contributed by atoms with Crippen LogP contribution in [0.2, 0.25) is 0 Å². The minimum Gasteiger partial charge on any atom is -0.456 e. The fourth-order valence-corrected chi connectivity index (χ4v) is 2.01. The van der Waals surface area contributed by atoms with Crippen LogP contribution in [0.25, 0.3) is 0 Å². The molecule has 0 unspecified atom stereocenters. The molecule has 0 radical (unpaired) electrons. The summed E-state index contributed by atoms with van der Waals surface area (Å²) in [4.78, 5) is 14.1. The van der Waals surface area contributed by atoms with Gasteiger partial charge in [-0.2, -0.15) is 0 Å². The van der Waals surface area contributed by atoms with Crippen LogP contribution in [0, 0.1) is 0 Å². The van der Waals surface area contributed by atoms with Crippen LogP contribution < -0.4 is 0 Å². The molecule has 17 heavy (non-hydrogen) atoms. The molecule has 0 N–H and O–H groups in total. The summed E-state index contributed by atoms with van der Waals surface area (Å²) in [5.74, 6) is 1.25. The molecule has 1 fully saturated rings. The summed E-state index contributed by atoms with van der Waals surface area (Å²) in [5.41, 5.74) is 0. The third-order valence-electron chi connectivity index (χ3n) is 3.09. The molecule has 0 saturated carbocycles. The normalized spacial score (nSPS) is 25.0. The second kappa shape index (κ2) is 4.92. The van der Waals surface area contributed by atoms with Gasteiger partial charge in [-0.25, -0.2) is 0 Å². The summed E-state index contributed by atoms with van der Waals surface area (Å²) in [6.45, 7) is 7.20. The maximum absolute atomic E-state index is 12.3. The van der Waals surface area contributed by atoms with Crippen LogP contribution in [0.1, 0.15) is 37.1 Å². The van der Waals surface area contributed by atoms with Gasteiger partial charge in [0.2, 0.25) is 0 Å². The first-order valence-electron chi connectivity index (χ1n) is 6.13. The number of rotatable bonds is 2. The van der Waals surface area contributed by atoms with Gasteiger partial charge in [-0.3, -0.25) is 4.79 Å². The lowest BCUT2D eigenvalue weighted by atomic mass is 10.2. The van der Waals surface area contributed by atoms with Gasteiger partial charge in [-0.05, 0) is 26.0 Å². The van der Waals surface area contributed by atoms with E-state index in [0.717, 1.165) is 12.2 Å². The van der Waals surface area contributed by atoms with Crippen LogP contribution in [-0.2, 0) is 11.2 Å². The molecule has 4 heteroatoms. The molecule has 1 amide bonds. The maximum Gasteiger partial charge on any atom is 0.289 e. The first kappa shape index (κ1) is 12.2. The molecule has 2 rings (SSSR count). The molecule has 1 aromatic heterocycles. The minimum atomic E-state index is -0.0349. The second-order valence-electron chi connectivity index (χ2n) is 4.57. The van der Waals surface area contributed by atoms with E-state index in [4.69, 9.17) is 9.15 Å². The van der Waals surface area contributed by atoms with Gasteiger partial charge in [-0.1, -0.05) is 6.92 Å². The predicted molar refractivity (Wildman–Crippen MR) is 64.0 cm³/mol. The van der Waals surface area contributed by atoms with Crippen molar-refractivity contribution >= 4 is 5.91 Å². The molecule has 1 aromatic rings. The number of nitrogens with zero attached hydrogens (tertiary/aromatic N) is 1. The number of ether oxygens (including phenoxy) is 1. The SMILES string of the molecule is CCc1ccc(C(=O)N2C[C@@H](C)OC[C@H]2C)o1. The standard InChI is InChI=1S/C13H19NO3/c1-4-11-5-6-12(17-11)13(15)14-7-10(3)16-8-9(14)2/h5-6,9-10H,4,7-8H2,1-3H3/t9-,10-/m1/s1. The number of hydrogen-bond donors (Lipinski definition) is 0. The summed E-state index contributed by atoms with van der Waals surface area (Å²) in [5, 5.41) is 0. The molecule has 2 atom stereocenters. The molecule has 0 aliphatic carbocycles. The number of aryl methyl sites for hydroxylation is 1. The first-order chi connectivity index (χ1) is 8.11. The van der Waals surface area contributed by atoms with Crippen molar-refractivity contribution in [1.29, 1.82) is 0 Å².